The van der Waals surface area contributed by atoms with Crippen LogP contribution in [0.4, 0.5) is 0 Å². The fraction of sp³-hybridized carbons (Fsp3) is 0.381. The van der Waals surface area contributed by atoms with Gasteiger partial charge in [0.2, 0.25) is 11.7 Å². The highest BCUT2D eigenvalue weighted by molar-refractivity contribution is 7.69. The summed E-state index contributed by atoms with van der Waals surface area (Å²) in [6, 6.07) is 7.77. The predicted octanol–water partition coefficient (Wildman–Crippen LogP) is 4.21. The summed E-state index contributed by atoms with van der Waals surface area (Å²) < 4.78 is 28.6. The molecule has 8 nitrogen and oxygen atoms in total. The number of nitrogens with zero attached hydrogens (tertiary/aromatic N) is 3. The van der Waals surface area contributed by atoms with Crippen molar-refractivity contribution >= 4 is 22.5 Å². The number of thiol groups is 1. The first kappa shape index (κ1) is 23.2. The van der Waals surface area contributed by atoms with E-state index >= 15 is 0 Å². The van der Waals surface area contributed by atoms with Crippen molar-refractivity contribution in [1.82, 2.24) is 15.1 Å². The Hall–Kier alpha value is -2.49. The molecule has 2 aromatic heterocycles. The van der Waals surface area contributed by atoms with E-state index in [4.69, 9.17) is 29.3 Å². The van der Waals surface area contributed by atoms with Gasteiger partial charge in [-0.25, -0.2) is 18.5 Å². The number of hydrogen-bond donors (Lipinski definition) is 2. The summed E-state index contributed by atoms with van der Waals surface area (Å²) in [5.41, 5.74) is 4.87. The third-order valence-electron chi connectivity index (χ3n) is 5.34. The molecule has 1 aliphatic carbocycles. The Bertz CT molecular complexity index is 1110. The van der Waals surface area contributed by atoms with Crippen molar-refractivity contribution in [2.24, 2.45) is 5.14 Å². The van der Waals surface area contributed by atoms with E-state index in [2.05, 4.69) is 20.3 Å². The number of halogens is 1. The van der Waals surface area contributed by atoms with Gasteiger partial charge in [-0.05, 0) is 56.0 Å². The van der Waals surface area contributed by atoms with E-state index in [-0.39, 0.29) is 0 Å². The summed E-state index contributed by atoms with van der Waals surface area (Å²) in [7, 11) is -0.995. The van der Waals surface area contributed by atoms with Crippen molar-refractivity contribution in [2.75, 3.05) is 7.11 Å². The minimum Gasteiger partial charge on any atom is -0.481 e. The molecule has 0 bridgehead atoms. The highest BCUT2D eigenvalue weighted by Crippen LogP contribution is 2.36. The Labute approximate surface area is 187 Å². The molecule has 166 valence electrons. The highest BCUT2D eigenvalue weighted by Gasteiger charge is 2.21. The minimum absolute atomic E-state index is 0.458. The zero-order valence-electron chi connectivity index (χ0n) is 17.6. The quantitative estimate of drug-likeness (QED) is 0.554. The van der Waals surface area contributed by atoms with Gasteiger partial charge in [0.25, 0.3) is 5.89 Å². The van der Waals surface area contributed by atoms with Gasteiger partial charge in [-0.15, -0.1) is 0 Å². The van der Waals surface area contributed by atoms with Gasteiger partial charge in [0, 0.05) is 33.8 Å². The van der Waals surface area contributed by atoms with Crippen LogP contribution in [-0.2, 0) is 10.9 Å². The smallest absolute Gasteiger partial charge is 0.258 e. The maximum absolute atomic E-state index is 8.81. The van der Waals surface area contributed by atoms with Gasteiger partial charge in [0.05, 0.1) is 7.11 Å². The van der Waals surface area contributed by atoms with Crippen molar-refractivity contribution in [3.63, 3.8) is 0 Å². The second-order valence-electron chi connectivity index (χ2n) is 7.41. The average Bonchev–Trinajstić information content (AvgIpc) is 3.43. The van der Waals surface area contributed by atoms with Crippen LogP contribution < -0.4 is 9.88 Å². The van der Waals surface area contributed by atoms with Crippen LogP contribution in [0.2, 0.25) is 5.02 Å². The lowest BCUT2D eigenvalue weighted by atomic mass is 10.0. The topological polar surface area (TPSA) is 121 Å². The molecule has 1 aromatic carbocycles. The standard InChI is InChI=1S/C21H22ClN3O2.H3NO2S/c1-12-8-15(9-17(22)13(12)2)20-24-21(27-25-20)16-10-18(14-6-4-5-7-14)23-19(11-16)26-3;1-4(2)3/h8-11,14H,4-7H2,1-3H3;4H,(H2,1,2,3). The molecule has 0 atom stereocenters. The largest absolute Gasteiger partial charge is 0.481 e. The van der Waals surface area contributed by atoms with Crippen LogP contribution in [0.15, 0.2) is 28.8 Å². The van der Waals surface area contributed by atoms with Gasteiger partial charge >= 0.3 is 0 Å². The number of aromatic nitrogens is 3. The van der Waals surface area contributed by atoms with Gasteiger partial charge in [-0.1, -0.05) is 29.6 Å². The molecule has 4 rings (SSSR count). The Morgan fingerprint density at radius 1 is 1.10 bits per heavy atom. The van der Waals surface area contributed by atoms with E-state index in [1.54, 1.807) is 7.11 Å². The molecule has 2 heterocycles. The highest BCUT2D eigenvalue weighted by atomic mass is 35.5. The molecular weight excluding hydrogens is 440 g/mol. The van der Waals surface area contributed by atoms with Crippen LogP contribution in [0.3, 0.4) is 0 Å². The Kier molecular flexibility index (Phi) is 7.64. The lowest BCUT2D eigenvalue weighted by molar-refractivity contribution is 0.394. The van der Waals surface area contributed by atoms with Crippen molar-refractivity contribution in [2.45, 2.75) is 45.4 Å². The molecule has 0 unspecified atom stereocenters. The molecule has 0 saturated heterocycles. The maximum atomic E-state index is 8.81. The average molecular weight is 465 g/mol. The third kappa shape index (κ3) is 5.81. The number of pyridine rings is 1. The zero-order chi connectivity index (χ0) is 22.5. The summed E-state index contributed by atoms with van der Waals surface area (Å²) >= 11 is 6.31. The van der Waals surface area contributed by atoms with Crippen LogP contribution in [0.1, 0.15) is 48.4 Å². The fourth-order valence-corrected chi connectivity index (χ4v) is 3.85. The Morgan fingerprint density at radius 2 is 1.77 bits per heavy atom. The number of hydrogen-bond acceptors (Lipinski definition) is 7. The van der Waals surface area contributed by atoms with Gasteiger partial charge in [0.1, 0.15) is 0 Å². The van der Waals surface area contributed by atoms with E-state index in [0.29, 0.717) is 28.5 Å². The normalized spacial score (nSPS) is 13.9. The van der Waals surface area contributed by atoms with Crippen LogP contribution in [0.5, 0.6) is 5.88 Å². The molecule has 2 N–H and O–H groups in total. The molecule has 0 amide bonds. The third-order valence-corrected chi connectivity index (χ3v) is 5.73. The first-order valence-electron chi connectivity index (χ1n) is 9.84. The zero-order valence-corrected chi connectivity index (χ0v) is 19.2. The van der Waals surface area contributed by atoms with Crippen LogP contribution in [0, 0.1) is 13.8 Å². The summed E-state index contributed by atoms with van der Waals surface area (Å²) in [5, 5.41) is 8.92. The monoisotopic (exact) mass is 464 g/mol. The van der Waals surface area contributed by atoms with Crippen LogP contribution in [-0.4, -0.2) is 30.7 Å². The number of benzene rings is 1. The van der Waals surface area contributed by atoms with Gasteiger partial charge in [0.15, 0.2) is 10.9 Å². The molecular formula is C21H25ClN4O4S. The van der Waals surface area contributed by atoms with E-state index in [0.717, 1.165) is 40.8 Å². The number of rotatable bonds is 4. The van der Waals surface area contributed by atoms with Crippen LogP contribution in [0.25, 0.3) is 22.8 Å². The Morgan fingerprint density at radius 3 is 2.39 bits per heavy atom. The molecule has 1 aliphatic rings. The molecule has 0 radical (unpaired) electrons. The molecule has 31 heavy (non-hydrogen) atoms. The second kappa shape index (κ2) is 10.2. The molecule has 1 saturated carbocycles. The summed E-state index contributed by atoms with van der Waals surface area (Å²) in [4.78, 5) is 9.21. The maximum Gasteiger partial charge on any atom is 0.258 e. The predicted molar refractivity (Wildman–Crippen MR) is 120 cm³/mol. The molecule has 10 heteroatoms. The SMILES string of the molecule is COc1cc(-c2nc(-c3cc(C)c(C)c(Cl)c3)no2)cc(C2CCCC2)n1.N[SH](=O)=O. The number of methoxy groups -OCH3 is 1. The first-order valence-corrected chi connectivity index (χ1v) is 11.5. The summed E-state index contributed by atoms with van der Waals surface area (Å²) in [6.45, 7) is 4.02. The summed E-state index contributed by atoms with van der Waals surface area (Å²) in [6.07, 6.45) is 4.82. The second-order valence-corrected chi connectivity index (χ2v) is 8.39. The fourth-order valence-electron chi connectivity index (χ4n) is 3.59. The van der Waals surface area contributed by atoms with Gasteiger partial charge < -0.3 is 9.26 Å². The van der Waals surface area contributed by atoms with E-state index in [1.807, 2.05) is 38.1 Å². The Balaban J connectivity index is 0.000000628. The van der Waals surface area contributed by atoms with Gasteiger partial charge in [-0.2, -0.15) is 4.98 Å². The first-order chi connectivity index (χ1) is 14.8. The lowest BCUT2D eigenvalue weighted by Crippen LogP contribution is -1.99. The molecule has 1 fully saturated rings. The minimum atomic E-state index is -2.62. The number of aryl methyl sites for hydroxylation is 1. The van der Waals surface area contributed by atoms with Crippen LogP contribution >= 0.6 is 11.6 Å². The van der Waals surface area contributed by atoms with Crippen molar-refractivity contribution in [3.05, 3.63) is 46.1 Å². The number of ether oxygens (including phenoxy) is 1. The van der Waals surface area contributed by atoms with E-state index in [1.165, 1.54) is 12.8 Å². The summed E-state index contributed by atoms with van der Waals surface area (Å²) in [5.74, 6) is 2.02. The van der Waals surface area contributed by atoms with Crippen molar-refractivity contribution in [3.8, 4) is 28.7 Å². The number of nitrogens with two attached hydrogens (primary N) is 1. The molecule has 0 spiro atoms. The van der Waals surface area contributed by atoms with E-state index in [9.17, 15) is 0 Å². The molecule has 3 aromatic rings. The van der Waals surface area contributed by atoms with Crippen molar-refractivity contribution < 1.29 is 17.7 Å². The van der Waals surface area contributed by atoms with E-state index < -0.39 is 10.9 Å². The van der Waals surface area contributed by atoms with Gasteiger partial charge in [-0.3, -0.25) is 0 Å². The van der Waals surface area contributed by atoms with Crippen molar-refractivity contribution in [1.29, 1.82) is 0 Å². The lowest BCUT2D eigenvalue weighted by Gasteiger charge is -2.11. The molecule has 0 aliphatic heterocycles.